The average Bonchev–Trinajstić information content (AvgIpc) is 3.24. The summed E-state index contributed by atoms with van der Waals surface area (Å²) in [4.78, 5) is 0. The Labute approximate surface area is 163 Å². The van der Waals surface area contributed by atoms with Crippen molar-refractivity contribution in [3.05, 3.63) is 75.6 Å². The third-order valence-corrected chi connectivity index (χ3v) is 5.27. The van der Waals surface area contributed by atoms with Crippen LogP contribution < -0.4 is 14.8 Å². The molecule has 1 aliphatic rings. The first-order valence-corrected chi connectivity index (χ1v) is 9.36. The first-order chi connectivity index (χ1) is 13.1. The van der Waals surface area contributed by atoms with Crippen molar-refractivity contribution < 1.29 is 9.47 Å². The van der Waals surface area contributed by atoms with E-state index in [1.165, 1.54) is 5.56 Å². The predicted molar refractivity (Wildman–Crippen MR) is 105 cm³/mol. The summed E-state index contributed by atoms with van der Waals surface area (Å²) in [5, 5.41) is 8.97. The number of aromatic nitrogens is 2. The molecular formula is C21H22ClN3O2. The number of ether oxygens (including phenoxy) is 2. The van der Waals surface area contributed by atoms with E-state index in [0.717, 1.165) is 45.6 Å². The Bertz CT molecular complexity index is 968. The summed E-state index contributed by atoms with van der Waals surface area (Å²) in [6.45, 7) is 6.56. The molecule has 4 rings (SSSR count). The largest absolute Gasteiger partial charge is 0.454 e. The van der Waals surface area contributed by atoms with E-state index in [1.54, 1.807) is 0 Å². The molecule has 1 aliphatic heterocycles. The topological polar surface area (TPSA) is 48.3 Å². The lowest BCUT2D eigenvalue weighted by Gasteiger charge is -2.09. The Morgan fingerprint density at radius 1 is 1.04 bits per heavy atom. The molecule has 0 unspecified atom stereocenters. The van der Waals surface area contributed by atoms with Crippen LogP contribution in [0.4, 0.5) is 0 Å². The molecule has 1 aromatic heterocycles. The van der Waals surface area contributed by atoms with Crippen LogP contribution in [-0.4, -0.2) is 16.6 Å². The smallest absolute Gasteiger partial charge is 0.231 e. The molecular weight excluding hydrogens is 362 g/mol. The molecule has 140 valence electrons. The minimum absolute atomic E-state index is 0.291. The van der Waals surface area contributed by atoms with E-state index in [1.807, 2.05) is 48.0 Å². The van der Waals surface area contributed by atoms with E-state index in [-0.39, 0.29) is 0 Å². The van der Waals surface area contributed by atoms with E-state index < -0.39 is 0 Å². The van der Waals surface area contributed by atoms with Gasteiger partial charge in [0.2, 0.25) is 6.79 Å². The van der Waals surface area contributed by atoms with Crippen molar-refractivity contribution in [3.8, 4) is 11.5 Å². The summed E-state index contributed by atoms with van der Waals surface area (Å²) in [6, 6.07) is 13.9. The molecule has 0 amide bonds. The summed E-state index contributed by atoms with van der Waals surface area (Å²) < 4.78 is 13.0. The lowest BCUT2D eigenvalue weighted by molar-refractivity contribution is 0.173. The molecule has 27 heavy (non-hydrogen) atoms. The molecule has 1 N–H and O–H groups in total. The molecule has 0 bridgehead atoms. The predicted octanol–water partition coefficient (Wildman–Crippen LogP) is 4.22. The van der Waals surface area contributed by atoms with E-state index in [4.69, 9.17) is 26.2 Å². The van der Waals surface area contributed by atoms with E-state index in [9.17, 15) is 0 Å². The highest BCUT2D eigenvalue weighted by molar-refractivity contribution is 6.31. The zero-order chi connectivity index (χ0) is 18.8. The van der Waals surface area contributed by atoms with Crippen LogP contribution in [0, 0.1) is 13.8 Å². The summed E-state index contributed by atoms with van der Waals surface area (Å²) >= 11 is 6.30. The molecule has 5 nitrogen and oxygen atoms in total. The number of benzene rings is 2. The molecule has 0 aliphatic carbocycles. The summed E-state index contributed by atoms with van der Waals surface area (Å²) in [5.41, 5.74) is 5.57. The van der Waals surface area contributed by atoms with Crippen molar-refractivity contribution in [1.29, 1.82) is 0 Å². The van der Waals surface area contributed by atoms with Gasteiger partial charge in [-0.1, -0.05) is 41.9 Å². The van der Waals surface area contributed by atoms with Crippen LogP contribution in [0.2, 0.25) is 5.02 Å². The quantitative estimate of drug-likeness (QED) is 0.692. The molecule has 6 heteroatoms. The number of rotatable bonds is 6. The van der Waals surface area contributed by atoms with Gasteiger partial charge < -0.3 is 14.8 Å². The van der Waals surface area contributed by atoms with Gasteiger partial charge in [-0.2, -0.15) is 5.10 Å². The third kappa shape index (κ3) is 3.66. The van der Waals surface area contributed by atoms with Gasteiger partial charge in [0.1, 0.15) is 0 Å². The summed E-state index contributed by atoms with van der Waals surface area (Å²) in [6.07, 6.45) is 0. The summed E-state index contributed by atoms with van der Waals surface area (Å²) in [5.74, 6) is 1.65. The van der Waals surface area contributed by atoms with Crippen molar-refractivity contribution in [1.82, 2.24) is 15.1 Å². The van der Waals surface area contributed by atoms with Crippen LogP contribution in [-0.2, 0) is 19.6 Å². The first kappa shape index (κ1) is 17.9. The molecule has 0 saturated heterocycles. The summed E-state index contributed by atoms with van der Waals surface area (Å²) in [7, 11) is 0. The van der Waals surface area contributed by atoms with Crippen molar-refractivity contribution in [3.63, 3.8) is 0 Å². The second-order valence-electron chi connectivity index (χ2n) is 6.65. The molecule has 3 aromatic rings. The maximum Gasteiger partial charge on any atom is 0.231 e. The lowest BCUT2D eigenvalue weighted by atomic mass is 10.1. The SMILES string of the molecule is Cc1nn(Cc2ccccc2Cl)c(C)c1CNCc1cccc2c1OCO2. The molecule has 0 fully saturated rings. The van der Waals surface area contributed by atoms with Crippen molar-refractivity contribution in [2.75, 3.05) is 6.79 Å². The van der Waals surface area contributed by atoms with Crippen LogP contribution in [0.15, 0.2) is 42.5 Å². The number of halogens is 1. The number of hydrogen-bond donors (Lipinski definition) is 1. The highest BCUT2D eigenvalue weighted by Crippen LogP contribution is 2.35. The van der Waals surface area contributed by atoms with Crippen molar-refractivity contribution >= 4 is 11.6 Å². The van der Waals surface area contributed by atoms with E-state index in [2.05, 4.69) is 18.3 Å². The van der Waals surface area contributed by atoms with Gasteiger partial charge in [0.25, 0.3) is 0 Å². The maximum atomic E-state index is 6.30. The van der Waals surface area contributed by atoms with Gasteiger partial charge >= 0.3 is 0 Å². The Balaban J connectivity index is 1.45. The van der Waals surface area contributed by atoms with Crippen LogP contribution in [0.25, 0.3) is 0 Å². The average molecular weight is 384 g/mol. The first-order valence-electron chi connectivity index (χ1n) is 8.98. The lowest BCUT2D eigenvalue weighted by Crippen LogP contribution is -2.14. The Morgan fingerprint density at radius 2 is 1.85 bits per heavy atom. The van der Waals surface area contributed by atoms with Crippen LogP contribution in [0.3, 0.4) is 0 Å². The van der Waals surface area contributed by atoms with Gasteiger partial charge in [-0.3, -0.25) is 4.68 Å². The van der Waals surface area contributed by atoms with Gasteiger partial charge in [-0.25, -0.2) is 0 Å². The number of nitrogens with one attached hydrogen (secondary N) is 1. The van der Waals surface area contributed by atoms with E-state index >= 15 is 0 Å². The minimum atomic E-state index is 0.291. The minimum Gasteiger partial charge on any atom is -0.454 e. The molecule has 0 saturated carbocycles. The highest BCUT2D eigenvalue weighted by Gasteiger charge is 2.17. The second-order valence-corrected chi connectivity index (χ2v) is 7.06. The standard InChI is InChI=1S/C21H22ClN3O2/c1-14-18(11-23-10-16-7-5-9-20-21(16)27-13-26-20)15(2)25(24-14)12-17-6-3-4-8-19(17)22/h3-9,23H,10-13H2,1-2H3. The molecule has 2 heterocycles. The fourth-order valence-corrected chi connectivity index (χ4v) is 3.58. The Hall–Kier alpha value is -2.50. The van der Waals surface area contributed by atoms with Gasteiger partial charge in [0, 0.05) is 34.9 Å². The second kappa shape index (κ2) is 7.62. The Morgan fingerprint density at radius 3 is 2.70 bits per heavy atom. The van der Waals surface area contributed by atoms with Gasteiger partial charge in [-0.05, 0) is 31.5 Å². The molecule has 0 spiro atoms. The Kier molecular flexibility index (Phi) is 5.05. The number of aryl methyl sites for hydroxylation is 1. The van der Waals surface area contributed by atoms with E-state index in [0.29, 0.717) is 19.9 Å². The third-order valence-electron chi connectivity index (χ3n) is 4.90. The molecule has 0 radical (unpaired) electrons. The molecule has 0 atom stereocenters. The number of para-hydroxylation sites is 1. The fraction of sp³-hybridized carbons (Fsp3) is 0.286. The number of fused-ring (bicyclic) bond motifs is 1. The normalized spacial score (nSPS) is 12.6. The highest BCUT2D eigenvalue weighted by atomic mass is 35.5. The fourth-order valence-electron chi connectivity index (χ4n) is 3.38. The van der Waals surface area contributed by atoms with Crippen molar-refractivity contribution in [2.45, 2.75) is 33.5 Å². The number of nitrogens with zero attached hydrogens (tertiary/aromatic N) is 2. The monoisotopic (exact) mass is 383 g/mol. The van der Waals surface area contributed by atoms with Gasteiger partial charge in [0.15, 0.2) is 11.5 Å². The zero-order valence-electron chi connectivity index (χ0n) is 15.5. The maximum absolute atomic E-state index is 6.30. The van der Waals surface area contributed by atoms with Gasteiger partial charge in [-0.15, -0.1) is 0 Å². The van der Waals surface area contributed by atoms with Crippen LogP contribution >= 0.6 is 11.6 Å². The molecule has 2 aromatic carbocycles. The van der Waals surface area contributed by atoms with Crippen LogP contribution in [0.5, 0.6) is 11.5 Å². The zero-order valence-corrected chi connectivity index (χ0v) is 16.2. The van der Waals surface area contributed by atoms with Crippen LogP contribution in [0.1, 0.15) is 28.1 Å². The van der Waals surface area contributed by atoms with Crippen molar-refractivity contribution in [2.24, 2.45) is 0 Å². The number of hydrogen-bond acceptors (Lipinski definition) is 4. The van der Waals surface area contributed by atoms with Gasteiger partial charge in [0.05, 0.1) is 12.2 Å².